The highest BCUT2D eigenvalue weighted by Crippen LogP contribution is 2.45. The first-order valence-corrected chi connectivity index (χ1v) is 10.6. The second-order valence-corrected chi connectivity index (χ2v) is 8.95. The number of thiophene rings is 1. The average molecular weight is 511 g/mol. The molecule has 0 aliphatic heterocycles. The number of nitrogens with zero attached hydrogens (tertiary/aromatic N) is 1. The van der Waals surface area contributed by atoms with Crippen LogP contribution in [0.2, 0.25) is 0 Å². The standard InChI is InChI=1S/C22H17F3INS/c1-13(2)16-5-3-6-17-18-7-4-8-19(21(18)28-20(16)17)27(26)15-11-9-14(10-12-15)22(23,24)25/h3-13H,1-2H3. The number of hydrogen-bond donors (Lipinski definition) is 0. The van der Waals surface area contributed by atoms with E-state index >= 15 is 0 Å². The van der Waals surface area contributed by atoms with Crippen LogP contribution in [0, 0.1) is 0 Å². The predicted octanol–water partition coefficient (Wildman–Crippen LogP) is 8.68. The predicted molar refractivity (Wildman–Crippen MR) is 121 cm³/mol. The minimum atomic E-state index is -4.33. The molecule has 3 aromatic carbocycles. The van der Waals surface area contributed by atoms with E-state index in [9.17, 15) is 13.2 Å². The van der Waals surface area contributed by atoms with Crippen LogP contribution in [0.1, 0.15) is 30.9 Å². The maximum atomic E-state index is 12.9. The summed E-state index contributed by atoms with van der Waals surface area (Å²) in [5.41, 5.74) is 2.37. The van der Waals surface area contributed by atoms with Gasteiger partial charge >= 0.3 is 6.18 Å². The van der Waals surface area contributed by atoms with E-state index < -0.39 is 11.7 Å². The van der Waals surface area contributed by atoms with Crippen molar-refractivity contribution in [2.45, 2.75) is 25.9 Å². The first-order valence-electron chi connectivity index (χ1n) is 8.84. The van der Waals surface area contributed by atoms with Gasteiger partial charge in [0.1, 0.15) is 0 Å². The summed E-state index contributed by atoms with van der Waals surface area (Å²) < 4.78 is 42.9. The van der Waals surface area contributed by atoms with Gasteiger partial charge in [-0.2, -0.15) is 13.2 Å². The molecule has 0 saturated carbocycles. The minimum Gasteiger partial charge on any atom is -0.282 e. The van der Waals surface area contributed by atoms with Crippen LogP contribution in [0.4, 0.5) is 24.5 Å². The second kappa shape index (κ2) is 7.22. The normalized spacial score (nSPS) is 12.2. The molecule has 144 valence electrons. The van der Waals surface area contributed by atoms with Gasteiger partial charge in [0.15, 0.2) is 0 Å². The highest BCUT2D eigenvalue weighted by atomic mass is 127. The molecule has 0 N–H and O–H groups in total. The van der Waals surface area contributed by atoms with E-state index in [4.69, 9.17) is 0 Å². The molecule has 4 aromatic rings. The van der Waals surface area contributed by atoms with Gasteiger partial charge in [0.2, 0.25) is 0 Å². The number of anilines is 2. The first kappa shape index (κ1) is 19.5. The molecule has 0 atom stereocenters. The Morgan fingerprint density at radius 3 is 2.07 bits per heavy atom. The Kier molecular flexibility index (Phi) is 5.03. The van der Waals surface area contributed by atoms with Crippen LogP contribution in [-0.2, 0) is 6.18 Å². The van der Waals surface area contributed by atoms with Crippen LogP contribution >= 0.6 is 34.2 Å². The van der Waals surface area contributed by atoms with Crippen molar-refractivity contribution in [1.82, 2.24) is 0 Å². The van der Waals surface area contributed by atoms with Gasteiger partial charge in [-0.05, 0) is 41.8 Å². The summed E-state index contributed by atoms with van der Waals surface area (Å²) in [6.45, 7) is 4.37. The lowest BCUT2D eigenvalue weighted by Gasteiger charge is -2.18. The molecule has 28 heavy (non-hydrogen) atoms. The number of rotatable bonds is 3. The van der Waals surface area contributed by atoms with Gasteiger partial charge in [-0.1, -0.05) is 44.2 Å². The average Bonchev–Trinajstić information content (AvgIpc) is 3.05. The Morgan fingerprint density at radius 1 is 0.857 bits per heavy atom. The zero-order valence-corrected chi connectivity index (χ0v) is 18.2. The van der Waals surface area contributed by atoms with E-state index in [0.29, 0.717) is 11.6 Å². The Balaban J connectivity index is 1.84. The van der Waals surface area contributed by atoms with Crippen LogP contribution in [0.15, 0.2) is 60.7 Å². The maximum absolute atomic E-state index is 12.9. The quantitative estimate of drug-likeness (QED) is 0.197. The summed E-state index contributed by atoms with van der Waals surface area (Å²) in [4.78, 5) is 0. The van der Waals surface area contributed by atoms with Gasteiger partial charge in [-0.15, -0.1) is 11.3 Å². The van der Waals surface area contributed by atoms with Crippen molar-refractivity contribution in [2.24, 2.45) is 0 Å². The molecule has 1 heterocycles. The fraction of sp³-hybridized carbons (Fsp3) is 0.182. The number of fused-ring (bicyclic) bond motifs is 3. The maximum Gasteiger partial charge on any atom is 0.416 e. The molecule has 0 radical (unpaired) electrons. The minimum absolute atomic E-state index is 0.422. The fourth-order valence-electron chi connectivity index (χ4n) is 3.36. The van der Waals surface area contributed by atoms with Gasteiger partial charge < -0.3 is 0 Å². The third kappa shape index (κ3) is 3.37. The zero-order valence-electron chi connectivity index (χ0n) is 15.2. The lowest BCUT2D eigenvalue weighted by Crippen LogP contribution is -2.06. The van der Waals surface area contributed by atoms with Gasteiger partial charge in [0.05, 0.1) is 44.5 Å². The van der Waals surface area contributed by atoms with E-state index in [0.717, 1.165) is 22.5 Å². The molecule has 1 aromatic heterocycles. The van der Waals surface area contributed by atoms with E-state index in [1.807, 2.05) is 15.2 Å². The number of hydrogen-bond acceptors (Lipinski definition) is 2. The fourth-order valence-corrected chi connectivity index (χ4v) is 5.71. The number of benzene rings is 3. The monoisotopic (exact) mass is 511 g/mol. The van der Waals surface area contributed by atoms with Crippen molar-refractivity contribution in [3.8, 4) is 0 Å². The smallest absolute Gasteiger partial charge is 0.282 e. The summed E-state index contributed by atoms with van der Waals surface area (Å²) in [5, 5.41) is 2.40. The van der Waals surface area contributed by atoms with Crippen LogP contribution in [-0.4, -0.2) is 0 Å². The van der Waals surface area contributed by atoms with Crippen LogP contribution in [0.3, 0.4) is 0 Å². The van der Waals surface area contributed by atoms with Crippen molar-refractivity contribution in [3.63, 3.8) is 0 Å². The first-order chi connectivity index (χ1) is 13.3. The van der Waals surface area contributed by atoms with Gasteiger partial charge in [-0.25, -0.2) is 0 Å². The molecule has 0 spiro atoms. The van der Waals surface area contributed by atoms with Crippen molar-refractivity contribution in [3.05, 3.63) is 71.8 Å². The molecular weight excluding hydrogens is 494 g/mol. The summed E-state index contributed by atoms with van der Waals surface area (Å²) >= 11 is 3.91. The molecule has 4 rings (SSSR count). The lowest BCUT2D eigenvalue weighted by molar-refractivity contribution is -0.137. The Hall–Kier alpha value is -1.80. The van der Waals surface area contributed by atoms with E-state index in [-0.39, 0.29) is 0 Å². The Labute approximate surface area is 179 Å². The summed E-state index contributed by atoms with van der Waals surface area (Å²) in [6, 6.07) is 17.8. The molecule has 0 aliphatic carbocycles. The SMILES string of the molecule is CC(C)c1cccc2c1sc1c(N(I)c3ccc(C(F)(F)F)cc3)cccc12. The zero-order chi connectivity index (χ0) is 20.1. The number of alkyl halides is 3. The van der Waals surface area contributed by atoms with Gasteiger partial charge in [0, 0.05) is 15.5 Å². The molecule has 6 heteroatoms. The molecular formula is C22H17F3INS. The van der Waals surface area contributed by atoms with Gasteiger partial charge in [0.25, 0.3) is 0 Å². The Morgan fingerprint density at radius 2 is 1.46 bits per heavy atom. The second-order valence-electron chi connectivity index (χ2n) is 6.96. The van der Waals surface area contributed by atoms with Gasteiger partial charge in [-0.3, -0.25) is 3.11 Å². The molecule has 0 fully saturated rings. The molecule has 1 nitrogen and oxygen atoms in total. The molecule has 0 aliphatic rings. The third-order valence-electron chi connectivity index (χ3n) is 4.79. The summed E-state index contributed by atoms with van der Waals surface area (Å²) in [6.07, 6.45) is -4.33. The lowest BCUT2D eigenvalue weighted by atomic mass is 10.0. The summed E-state index contributed by atoms with van der Waals surface area (Å²) in [7, 11) is 0. The highest BCUT2D eigenvalue weighted by Gasteiger charge is 2.30. The molecule has 0 bridgehead atoms. The topological polar surface area (TPSA) is 3.24 Å². The van der Waals surface area contributed by atoms with Crippen LogP contribution in [0.5, 0.6) is 0 Å². The van der Waals surface area contributed by atoms with Crippen molar-refractivity contribution < 1.29 is 13.2 Å². The van der Waals surface area contributed by atoms with Crippen LogP contribution < -0.4 is 3.11 Å². The van der Waals surface area contributed by atoms with Crippen molar-refractivity contribution >= 4 is 65.7 Å². The molecule has 0 unspecified atom stereocenters. The van der Waals surface area contributed by atoms with Crippen molar-refractivity contribution in [1.29, 1.82) is 0 Å². The Bertz CT molecular complexity index is 1150. The summed E-state index contributed by atoms with van der Waals surface area (Å²) in [5.74, 6) is 0.422. The van der Waals surface area contributed by atoms with Crippen molar-refractivity contribution in [2.75, 3.05) is 3.11 Å². The third-order valence-corrected chi connectivity index (χ3v) is 7.16. The van der Waals surface area contributed by atoms with E-state index in [1.165, 1.54) is 33.2 Å². The van der Waals surface area contributed by atoms with E-state index in [1.54, 1.807) is 11.3 Å². The molecule has 0 amide bonds. The number of halogens is 4. The van der Waals surface area contributed by atoms with E-state index in [2.05, 4.69) is 61.0 Å². The largest absolute Gasteiger partial charge is 0.416 e. The van der Waals surface area contributed by atoms with Crippen LogP contribution in [0.25, 0.3) is 20.2 Å². The molecule has 0 saturated heterocycles. The highest BCUT2D eigenvalue weighted by molar-refractivity contribution is 14.1.